The molecule has 0 atom stereocenters. The summed E-state index contributed by atoms with van der Waals surface area (Å²) < 4.78 is -1.25. The molecule has 14 heavy (non-hydrogen) atoms. The number of carbonyl (C=O) groups excluding carboxylic acids is 2. The fourth-order valence-corrected chi connectivity index (χ4v) is 3.86. The van der Waals surface area contributed by atoms with Gasteiger partial charge in [0.2, 0.25) is 0 Å². The Morgan fingerprint density at radius 3 is 2.21 bits per heavy atom. The molecule has 80 valence electrons. The number of hydrogen-bond donors (Lipinski definition) is 2. The van der Waals surface area contributed by atoms with Crippen molar-refractivity contribution in [1.82, 2.24) is 0 Å². The maximum atomic E-state index is 11.5. The summed E-state index contributed by atoms with van der Waals surface area (Å²) in [4.78, 5) is 22.9. The van der Waals surface area contributed by atoms with E-state index in [0.717, 1.165) is 10.8 Å². The average Bonchev–Trinajstić information content (AvgIpc) is 2.46. The van der Waals surface area contributed by atoms with Gasteiger partial charge in [-0.05, 0) is 0 Å². The van der Waals surface area contributed by atoms with Crippen molar-refractivity contribution in [3.63, 3.8) is 0 Å². The normalized spacial score (nSPS) is 20.4. The molecule has 0 heterocycles. The highest BCUT2D eigenvalue weighted by Gasteiger charge is 2.49. The van der Waals surface area contributed by atoms with Crippen LogP contribution in [0, 0.1) is 0 Å². The molecule has 0 saturated heterocycles. The van der Waals surface area contributed by atoms with E-state index in [1.165, 1.54) is 10.8 Å². The summed E-state index contributed by atoms with van der Waals surface area (Å²) in [5, 5.41) is 17.7. The predicted octanol–water partition coefficient (Wildman–Crippen LogP) is 0.0232. The molecule has 1 rings (SSSR count). The summed E-state index contributed by atoms with van der Waals surface area (Å²) in [5.41, 5.74) is 0. The number of rotatable bonds is 5. The Balaban J connectivity index is 2.64. The van der Waals surface area contributed by atoms with Crippen molar-refractivity contribution in [3.05, 3.63) is 0 Å². The first kappa shape index (κ1) is 12.0. The lowest BCUT2D eigenvalue weighted by atomic mass is 10.1. The zero-order chi connectivity index (χ0) is 10.6. The quantitative estimate of drug-likeness (QED) is 0.398. The van der Waals surface area contributed by atoms with E-state index in [2.05, 4.69) is 0 Å². The van der Waals surface area contributed by atoms with Gasteiger partial charge in [0, 0.05) is 18.6 Å². The van der Waals surface area contributed by atoms with Gasteiger partial charge in [-0.1, -0.05) is 21.6 Å². The first-order chi connectivity index (χ1) is 6.67. The minimum absolute atomic E-state index is 0.00154. The molecule has 0 amide bonds. The Labute approximate surface area is 89.8 Å². The lowest BCUT2D eigenvalue weighted by Crippen LogP contribution is -2.40. The highest BCUT2D eigenvalue weighted by Crippen LogP contribution is 2.42. The SMILES string of the molecule is O=C1CCC(=O)C1(CO)SSCCO. The molecule has 0 bridgehead atoms. The number of aliphatic hydroxyl groups excluding tert-OH is 2. The molecule has 1 aliphatic rings. The second kappa shape index (κ2) is 5.16. The number of Topliss-reactive ketones (excluding diaryl/α,β-unsaturated/α-hetero) is 2. The molecule has 0 aromatic carbocycles. The maximum Gasteiger partial charge on any atom is 0.165 e. The number of aliphatic hydroxyl groups is 2. The molecule has 0 spiro atoms. The Bertz CT molecular complexity index is 225. The fraction of sp³-hybridized carbons (Fsp3) is 0.750. The lowest BCUT2D eigenvalue weighted by molar-refractivity contribution is -0.126. The first-order valence-electron chi connectivity index (χ1n) is 4.26. The van der Waals surface area contributed by atoms with Crippen molar-refractivity contribution in [2.75, 3.05) is 19.0 Å². The number of ketones is 2. The Morgan fingerprint density at radius 1 is 1.21 bits per heavy atom. The zero-order valence-electron chi connectivity index (χ0n) is 7.56. The molecule has 0 aromatic heterocycles. The van der Waals surface area contributed by atoms with Crippen molar-refractivity contribution >= 4 is 33.2 Å². The van der Waals surface area contributed by atoms with E-state index in [1.807, 2.05) is 0 Å². The molecule has 1 fully saturated rings. The van der Waals surface area contributed by atoms with Gasteiger partial charge in [-0.15, -0.1) is 0 Å². The second-order valence-electron chi connectivity index (χ2n) is 2.96. The van der Waals surface area contributed by atoms with Crippen LogP contribution in [0.5, 0.6) is 0 Å². The maximum absolute atomic E-state index is 11.5. The highest BCUT2D eigenvalue weighted by molar-refractivity contribution is 8.77. The van der Waals surface area contributed by atoms with Crippen LogP contribution < -0.4 is 0 Å². The minimum Gasteiger partial charge on any atom is -0.395 e. The summed E-state index contributed by atoms with van der Waals surface area (Å²) in [7, 11) is 2.33. The molecule has 2 N–H and O–H groups in total. The molecule has 0 aliphatic heterocycles. The van der Waals surface area contributed by atoms with Crippen LogP contribution >= 0.6 is 21.6 Å². The van der Waals surface area contributed by atoms with Gasteiger partial charge in [0.25, 0.3) is 0 Å². The van der Waals surface area contributed by atoms with Crippen molar-refractivity contribution in [2.24, 2.45) is 0 Å². The van der Waals surface area contributed by atoms with Gasteiger partial charge in [0.05, 0.1) is 13.2 Å². The topological polar surface area (TPSA) is 74.6 Å². The molecule has 4 nitrogen and oxygen atoms in total. The third kappa shape index (κ3) is 2.13. The minimum atomic E-state index is -1.25. The summed E-state index contributed by atoms with van der Waals surface area (Å²) in [6, 6.07) is 0. The van der Waals surface area contributed by atoms with E-state index in [9.17, 15) is 9.59 Å². The Morgan fingerprint density at radius 2 is 1.79 bits per heavy atom. The Kier molecular flexibility index (Phi) is 4.43. The van der Waals surface area contributed by atoms with Crippen LogP contribution in [0.15, 0.2) is 0 Å². The van der Waals surface area contributed by atoms with E-state index >= 15 is 0 Å². The zero-order valence-corrected chi connectivity index (χ0v) is 9.20. The average molecular weight is 236 g/mol. The van der Waals surface area contributed by atoms with E-state index in [4.69, 9.17) is 10.2 Å². The standard InChI is InChI=1S/C8H12O4S2/c9-3-4-13-14-8(5-10)6(11)1-2-7(8)12/h9-10H,1-5H2. The molecule has 1 saturated carbocycles. The van der Waals surface area contributed by atoms with Gasteiger partial charge in [-0.3, -0.25) is 9.59 Å². The summed E-state index contributed by atoms with van der Waals surface area (Å²) in [6.45, 7) is -0.435. The largest absolute Gasteiger partial charge is 0.395 e. The monoisotopic (exact) mass is 236 g/mol. The third-order valence-corrected chi connectivity index (χ3v) is 5.12. The number of carbonyl (C=O) groups is 2. The molecule has 1 aliphatic carbocycles. The van der Waals surface area contributed by atoms with Crippen LogP contribution in [0.2, 0.25) is 0 Å². The summed E-state index contributed by atoms with van der Waals surface area (Å²) in [5.74, 6) is 0.0633. The summed E-state index contributed by atoms with van der Waals surface area (Å²) in [6.07, 6.45) is 0.457. The molecule has 6 heteroatoms. The highest BCUT2D eigenvalue weighted by atomic mass is 33.1. The van der Waals surface area contributed by atoms with Gasteiger partial charge in [0.1, 0.15) is 0 Å². The molecule has 0 aromatic rings. The van der Waals surface area contributed by atoms with Crippen molar-refractivity contribution in [2.45, 2.75) is 17.6 Å². The van der Waals surface area contributed by atoms with Crippen LogP contribution in [0.4, 0.5) is 0 Å². The number of hydrogen-bond acceptors (Lipinski definition) is 6. The van der Waals surface area contributed by atoms with Gasteiger partial charge >= 0.3 is 0 Å². The van der Waals surface area contributed by atoms with Crippen LogP contribution in [0.3, 0.4) is 0 Å². The van der Waals surface area contributed by atoms with Gasteiger partial charge < -0.3 is 10.2 Å². The fourth-order valence-electron chi connectivity index (χ4n) is 1.26. The van der Waals surface area contributed by atoms with E-state index in [1.54, 1.807) is 0 Å². The smallest absolute Gasteiger partial charge is 0.165 e. The van der Waals surface area contributed by atoms with Crippen LogP contribution in [-0.4, -0.2) is 45.5 Å². The van der Waals surface area contributed by atoms with Crippen molar-refractivity contribution < 1.29 is 19.8 Å². The van der Waals surface area contributed by atoms with E-state index in [-0.39, 0.29) is 31.0 Å². The Hall–Kier alpha value is -0.0400. The predicted molar refractivity (Wildman–Crippen MR) is 56.2 cm³/mol. The van der Waals surface area contributed by atoms with Crippen molar-refractivity contribution in [3.8, 4) is 0 Å². The molecule has 0 radical (unpaired) electrons. The molecular formula is C8H12O4S2. The molecule has 0 unspecified atom stereocenters. The third-order valence-electron chi connectivity index (χ3n) is 2.08. The first-order valence-corrected chi connectivity index (χ1v) is 6.58. The van der Waals surface area contributed by atoms with Gasteiger partial charge in [-0.2, -0.15) is 0 Å². The van der Waals surface area contributed by atoms with E-state index in [0.29, 0.717) is 5.75 Å². The summed E-state index contributed by atoms with van der Waals surface area (Å²) >= 11 is 0. The lowest BCUT2D eigenvalue weighted by Gasteiger charge is -2.21. The van der Waals surface area contributed by atoms with Crippen LogP contribution in [0.1, 0.15) is 12.8 Å². The van der Waals surface area contributed by atoms with E-state index < -0.39 is 11.4 Å². The van der Waals surface area contributed by atoms with Crippen LogP contribution in [0.25, 0.3) is 0 Å². The van der Waals surface area contributed by atoms with Gasteiger partial charge in [0.15, 0.2) is 16.3 Å². The molecular weight excluding hydrogens is 224 g/mol. The van der Waals surface area contributed by atoms with Gasteiger partial charge in [-0.25, -0.2) is 0 Å². The van der Waals surface area contributed by atoms with Crippen LogP contribution in [-0.2, 0) is 9.59 Å². The van der Waals surface area contributed by atoms with Crippen molar-refractivity contribution in [1.29, 1.82) is 0 Å². The second-order valence-corrected chi connectivity index (χ2v) is 5.68.